The summed E-state index contributed by atoms with van der Waals surface area (Å²) in [6.07, 6.45) is 0.917. The van der Waals surface area contributed by atoms with Gasteiger partial charge in [0.1, 0.15) is 0 Å². The standard InChI is InChI=1S/C14H20F3N3/c1-9-3-2-4-10(7-9)13(20-18)12-6-5-11(8-19-12)14(15,16)17/h5-6,8-10,13,20H,2-4,7,18H2,1H3. The number of nitrogens with one attached hydrogen (secondary N) is 1. The van der Waals surface area contributed by atoms with Gasteiger partial charge in [-0.3, -0.25) is 16.3 Å². The van der Waals surface area contributed by atoms with E-state index in [1.807, 2.05) is 0 Å². The summed E-state index contributed by atoms with van der Waals surface area (Å²) in [6, 6.07) is 2.31. The maximum absolute atomic E-state index is 12.5. The van der Waals surface area contributed by atoms with Gasteiger partial charge in [-0.15, -0.1) is 0 Å². The molecule has 3 atom stereocenters. The second-order valence-corrected chi connectivity index (χ2v) is 5.65. The molecule has 1 aliphatic rings. The largest absolute Gasteiger partial charge is 0.417 e. The summed E-state index contributed by atoms with van der Waals surface area (Å²) in [5, 5.41) is 0. The third kappa shape index (κ3) is 3.49. The van der Waals surface area contributed by atoms with Gasteiger partial charge in [0.2, 0.25) is 0 Å². The molecule has 1 fully saturated rings. The van der Waals surface area contributed by atoms with Gasteiger partial charge in [0, 0.05) is 6.20 Å². The fraction of sp³-hybridized carbons (Fsp3) is 0.643. The van der Waals surface area contributed by atoms with Crippen LogP contribution in [0, 0.1) is 11.8 Å². The zero-order valence-electron chi connectivity index (χ0n) is 11.5. The van der Waals surface area contributed by atoms with Crippen LogP contribution >= 0.6 is 0 Å². The van der Waals surface area contributed by atoms with Gasteiger partial charge < -0.3 is 0 Å². The van der Waals surface area contributed by atoms with Crippen molar-refractivity contribution in [2.24, 2.45) is 17.7 Å². The number of alkyl halides is 3. The van der Waals surface area contributed by atoms with Crippen molar-refractivity contribution in [3.05, 3.63) is 29.6 Å². The number of nitrogens with two attached hydrogens (primary N) is 1. The van der Waals surface area contributed by atoms with E-state index >= 15 is 0 Å². The van der Waals surface area contributed by atoms with E-state index in [-0.39, 0.29) is 6.04 Å². The summed E-state index contributed by atoms with van der Waals surface area (Å²) >= 11 is 0. The third-order valence-corrected chi connectivity index (χ3v) is 4.06. The molecule has 0 amide bonds. The molecule has 3 unspecified atom stereocenters. The van der Waals surface area contributed by atoms with Gasteiger partial charge in [-0.25, -0.2) is 0 Å². The van der Waals surface area contributed by atoms with Crippen LogP contribution in [-0.4, -0.2) is 4.98 Å². The zero-order chi connectivity index (χ0) is 14.8. The fourth-order valence-electron chi connectivity index (χ4n) is 3.00. The summed E-state index contributed by atoms with van der Waals surface area (Å²) < 4.78 is 37.6. The molecular weight excluding hydrogens is 267 g/mol. The van der Waals surface area contributed by atoms with Crippen molar-refractivity contribution in [2.45, 2.75) is 44.8 Å². The van der Waals surface area contributed by atoms with Crippen LogP contribution in [-0.2, 0) is 6.18 Å². The number of pyridine rings is 1. The highest BCUT2D eigenvalue weighted by Crippen LogP contribution is 2.37. The van der Waals surface area contributed by atoms with Gasteiger partial charge in [-0.2, -0.15) is 13.2 Å². The predicted molar refractivity (Wildman–Crippen MR) is 70.4 cm³/mol. The van der Waals surface area contributed by atoms with Crippen LogP contribution in [0.5, 0.6) is 0 Å². The van der Waals surface area contributed by atoms with Crippen LogP contribution in [0.2, 0.25) is 0 Å². The summed E-state index contributed by atoms with van der Waals surface area (Å²) in [5.41, 5.74) is 2.58. The molecule has 112 valence electrons. The molecule has 0 aliphatic heterocycles. The lowest BCUT2D eigenvalue weighted by Gasteiger charge is -2.32. The van der Waals surface area contributed by atoms with Crippen molar-refractivity contribution in [3.8, 4) is 0 Å². The van der Waals surface area contributed by atoms with E-state index in [4.69, 9.17) is 5.84 Å². The molecular formula is C14H20F3N3. The van der Waals surface area contributed by atoms with Crippen molar-refractivity contribution in [3.63, 3.8) is 0 Å². The van der Waals surface area contributed by atoms with Gasteiger partial charge in [0.15, 0.2) is 0 Å². The molecule has 0 spiro atoms. The molecule has 0 radical (unpaired) electrons. The first kappa shape index (κ1) is 15.3. The number of hydrogen-bond acceptors (Lipinski definition) is 3. The van der Waals surface area contributed by atoms with Crippen LogP contribution < -0.4 is 11.3 Å². The lowest BCUT2D eigenvalue weighted by atomic mass is 9.78. The van der Waals surface area contributed by atoms with Gasteiger partial charge in [-0.05, 0) is 36.8 Å². The summed E-state index contributed by atoms with van der Waals surface area (Å²) in [6.45, 7) is 2.19. The highest BCUT2D eigenvalue weighted by Gasteiger charge is 2.32. The number of rotatable bonds is 3. The van der Waals surface area contributed by atoms with E-state index in [0.717, 1.165) is 31.5 Å². The lowest BCUT2D eigenvalue weighted by molar-refractivity contribution is -0.137. The van der Waals surface area contributed by atoms with Crippen LogP contribution in [0.4, 0.5) is 13.2 Å². The Bertz CT molecular complexity index is 430. The third-order valence-electron chi connectivity index (χ3n) is 4.06. The Kier molecular flexibility index (Phi) is 4.65. The van der Waals surface area contributed by atoms with E-state index in [0.29, 0.717) is 17.5 Å². The molecule has 1 heterocycles. The fourth-order valence-corrected chi connectivity index (χ4v) is 3.00. The smallest absolute Gasteiger partial charge is 0.271 e. The SMILES string of the molecule is CC1CCCC(C(NN)c2ccc(C(F)(F)F)cn2)C1. The number of hydrogen-bond donors (Lipinski definition) is 2. The van der Waals surface area contributed by atoms with E-state index < -0.39 is 11.7 Å². The van der Waals surface area contributed by atoms with Gasteiger partial charge >= 0.3 is 6.18 Å². The van der Waals surface area contributed by atoms with Crippen molar-refractivity contribution in [1.29, 1.82) is 0 Å². The second kappa shape index (κ2) is 6.10. The first-order valence-electron chi connectivity index (χ1n) is 6.91. The maximum atomic E-state index is 12.5. The maximum Gasteiger partial charge on any atom is 0.417 e. The van der Waals surface area contributed by atoms with Crippen molar-refractivity contribution < 1.29 is 13.2 Å². The molecule has 0 saturated heterocycles. The number of aromatic nitrogens is 1. The zero-order valence-corrected chi connectivity index (χ0v) is 11.5. The van der Waals surface area contributed by atoms with E-state index in [1.54, 1.807) is 0 Å². The highest BCUT2D eigenvalue weighted by atomic mass is 19.4. The average molecular weight is 287 g/mol. The lowest BCUT2D eigenvalue weighted by Crippen LogP contribution is -2.36. The molecule has 3 N–H and O–H groups in total. The molecule has 0 aromatic carbocycles. The van der Waals surface area contributed by atoms with Crippen molar-refractivity contribution in [2.75, 3.05) is 0 Å². The molecule has 1 aromatic heterocycles. The second-order valence-electron chi connectivity index (χ2n) is 5.65. The predicted octanol–water partition coefficient (Wildman–Crippen LogP) is 3.43. The van der Waals surface area contributed by atoms with E-state index in [2.05, 4.69) is 17.3 Å². The topological polar surface area (TPSA) is 50.9 Å². The number of hydrazine groups is 1. The Morgan fingerprint density at radius 1 is 1.35 bits per heavy atom. The average Bonchev–Trinajstić information content (AvgIpc) is 2.39. The Morgan fingerprint density at radius 2 is 2.10 bits per heavy atom. The van der Waals surface area contributed by atoms with Gasteiger partial charge in [0.05, 0.1) is 17.3 Å². The minimum atomic E-state index is -4.35. The van der Waals surface area contributed by atoms with Crippen LogP contribution in [0.15, 0.2) is 18.3 Å². The molecule has 2 rings (SSSR count). The summed E-state index contributed by atoms with van der Waals surface area (Å²) in [7, 11) is 0. The molecule has 20 heavy (non-hydrogen) atoms. The minimum Gasteiger partial charge on any atom is -0.271 e. The minimum absolute atomic E-state index is 0.181. The van der Waals surface area contributed by atoms with Crippen LogP contribution in [0.3, 0.4) is 0 Å². The normalized spacial score (nSPS) is 25.4. The van der Waals surface area contributed by atoms with Crippen molar-refractivity contribution in [1.82, 2.24) is 10.4 Å². The molecule has 1 aromatic rings. The Labute approximate surface area is 116 Å². The summed E-state index contributed by atoms with van der Waals surface area (Å²) in [5.74, 6) is 6.54. The van der Waals surface area contributed by atoms with Crippen LogP contribution in [0.25, 0.3) is 0 Å². The molecule has 0 bridgehead atoms. The van der Waals surface area contributed by atoms with E-state index in [9.17, 15) is 13.2 Å². The quantitative estimate of drug-likeness (QED) is 0.661. The monoisotopic (exact) mass is 287 g/mol. The molecule has 3 nitrogen and oxygen atoms in total. The van der Waals surface area contributed by atoms with Gasteiger partial charge in [0.25, 0.3) is 0 Å². The van der Waals surface area contributed by atoms with Crippen LogP contribution in [0.1, 0.15) is 49.9 Å². The Morgan fingerprint density at radius 3 is 2.60 bits per heavy atom. The number of halogens is 3. The highest BCUT2D eigenvalue weighted by molar-refractivity contribution is 5.19. The molecule has 1 aliphatic carbocycles. The molecule has 1 saturated carbocycles. The summed E-state index contributed by atoms with van der Waals surface area (Å²) in [4.78, 5) is 3.95. The Hall–Kier alpha value is -1.14. The first-order chi connectivity index (χ1) is 9.41. The first-order valence-corrected chi connectivity index (χ1v) is 6.91. The van der Waals surface area contributed by atoms with Gasteiger partial charge in [-0.1, -0.05) is 19.8 Å². The molecule has 6 heteroatoms. The Balaban J connectivity index is 2.15. The van der Waals surface area contributed by atoms with E-state index in [1.165, 1.54) is 12.5 Å². The van der Waals surface area contributed by atoms with Crippen molar-refractivity contribution >= 4 is 0 Å². The number of nitrogens with zero attached hydrogens (tertiary/aromatic N) is 1.